The van der Waals surface area contributed by atoms with Crippen molar-refractivity contribution in [2.45, 2.75) is 6.54 Å². The first-order valence-corrected chi connectivity index (χ1v) is 5.78. The van der Waals surface area contributed by atoms with Crippen molar-refractivity contribution in [3.63, 3.8) is 0 Å². The standard InChI is InChI=1S/C9H7ClN4O2S/c10-5-1-2-6(7(3-5)14(15)16)9-13-12-8(4-11)17-9/h1-3H,4,11H2. The highest BCUT2D eigenvalue weighted by Crippen LogP contribution is 2.33. The Balaban J connectivity index is 2.54. The van der Waals surface area contributed by atoms with Crippen LogP contribution in [0.1, 0.15) is 5.01 Å². The van der Waals surface area contributed by atoms with Crippen LogP contribution < -0.4 is 5.73 Å². The highest BCUT2D eigenvalue weighted by Gasteiger charge is 2.19. The van der Waals surface area contributed by atoms with Gasteiger partial charge >= 0.3 is 0 Å². The van der Waals surface area contributed by atoms with Crippen molar-refractivity contribution in [1.29, 1.82) is 0 Å². The van der Waals surface area contributed by atoms with Gasteiger partial charge in [0.2, 0.25) is 0 Å². The molecule has 2 N–H and O–H groups in total. The second kappa shape index (κ2) is 4.74. The number of aromatic nitrogens is 2. The molecule has 0 radical (unpaired) electrons. The molecule has 0 bridgehead atoms. The largest absolute Gasteiger partial charge is 0.324 e. The monoisotopic (exact) mass is 270 g/mol. The number of nitro groups is 1. The molecule has 2 aromatic rings. The Morgan fingerprint density at radius 2 is 2.24 bits per heavy atom. The van der Waals surface area contributed by atoms with Gasteiger partial charge in [0.1, 0.15) is 5.01 Å². The van der Waals surface area contributed by atoms with E-state index < -0.39 is 4.92 Å². The molecule has 1 aromatic carbocycles. The molecular weight excluding hydrogens is 264 g/mol. The van der Waals surface area contributed by atoms with Crippen LogP contribution in [0.4, 0.5) is 5.69 Å². The molecule has 88 valence electrons. The third-order valence-electron chi connectivity index (χ3n) is 2.03. The maximum absolute atomic E-state index is 10.9. The van der Waals surface area contributed by atoms with Crippen LogP contribution in [0.2, 0.25) is 5.02 Å². The summed E-state index contributed by atoms with van der Waals surface area (Å²) in [5, 5.41) is 20.0. The molecule has 0 saturated heterocycles. The summed E-state index contributed by atoms with van der Waals surface area (Å²) in [6, 6.07) is 4.43. The number of halogens is 1. The summed E-state index contributed by atoms with van der Waals surface area (Å²) in [5.74, 6) is 0. The van der Waals surface area contributed by atoms with Crippen molar-refractivity contribution in [3.05, 3.63) is 38.3 Å². The fourth-order valence-electron chi connectivity index (χ4n) is 1.28. The number of hydrogen-bond acceptors (Lipinski definition) is 6. The van der Waals surface area contributed by atoms with Gasteiger partial charge in [-0.25, -0.2) is 0 Å². The fraction of sp³-hybridized carbons (Fsp3) is 0.111. The van der Waals surface area contributed by atoms with E-state index in [1.165, 1.54) is 17.4 Å². The molecule has 1 heterocycles. The normalized spacial score (nSPS) is 10.5. The van der Waals surface area contributed by atoms with E-state index in [4.69, 9.17) is 17.3 Å². The lowest BCUT2D eigenvalue weighted by Crippen LogP contribution is -1.94. The number of rotatable bonds is 3. The van der Waals surface area contributed by atoms with Crippen molar-refractivity contribution < 1.29 is 4.92 Å². The Morgan fingerprint density at radius 3 is 2.82 bits per heavy atom. The third kappa shape index (κ3) is 2.41. The first-order chi connectivity index (χ1) is 8.11. The van der Waals surface area contributed by atoms with Crippen molar-refractivity contribution in [2.75, 3.05) is 0 Å². The van der Waals surface area contributed by atoms with E-state index >= 15 is 0 Å². The zero-order valence-electron chi connectivity index (χ0n) is 8.46. The molecule has 1 aromatic heterocycles. The lowest BCUT2D eigenvalue weighted by atomic mass is 10.2. The summed E-state index contributed by atoms with van der Waals surface area (Å²) in [6.07, 6.45) is 0. The smallest absolute Gasteiger partial charge is 0.281 e. The lowest BCUT2D eigenvalue weighted by molar-refractivity contribution is -0.384. The number of hydrogen-bond donors (Lipinski definition) is 1. The Labute approximate surface area is 105 Å². The lowest BCUT2D eigenvalue weighted by Gasteiger charge is -1.98. The van der Waals surface area contributed by atoms with E-state index in [9.17, 15) is 10.1 Å². The molecule has 8 heteroatoms. The number of nitrogens with zero attached hydrogens (tertiary/aromatic N) is 3. The quantitative estimate of drug-likeness (QED) is 0.681. The van der Waals surface area contributed by atoms with Crippen molar-refractivity contribution >= 4 is 28.6 Å². The average Bonchev–Trinajstić information content (AvgIpc) is 2.77. The maximum atomic E-state index is 10.9. The molecule has 0 aliphatic carbocycles. The summed E-state index contributed by atoms with van der Waals surface area (Å²) in [5.41, 5.74) is 5.73. The zero-order chi connectivity index (χ0) is 12.4. The molecule has 0 fully saturated rings. The molecule has 0 spiro atoms. The molecule has 17 heavy (non-hydrogen) atoms. The van der Waals surface area contributed by atoms with Gasteiger partial charge in [-0.15, -0.1) is 10.2 Å². The van der Waals surface area contributed by atoms with Gasteiger partial charge in [-0.1, -0.05) is 22.9 Å². The van der Waals surface area contributed by atoms with E-state index in [1.54, 1.807) is 12.1 Å². The summed E-state index contributed by atoms with van der Waals surface area (Å²) >= 11 is 6.95. The number of benzene rings is 1. The Bertz CT molecular complexity index is 572. The second-order valence-electron chi connectivity index (χ2n) is 3.12. The van der Waals surface area contributed by atoms with Gasteiger partial charge in [0.25, 0.3) is 5.69 Å². The van der Waals surface area contributed by atoms with Crippen LogP contribution in [0.15, 0.2) is 18.2 Å². The van der Waals surface area contributed by atoms with Gasteiger partial charge in [0.05, 0.1) is 10.5 Å². The predicted octanol–water partition coefficient (Wildman–Crippen LogP) is 2.23. The van der Waals surface area contributed by atoms with Gasteiger partial charge in [0, 0.05) is 17.6 Å². The van der Waals surface area contributed by atoms with E-state index in [1.807, 2.05) is 0 Å². The summed E-state index contributed by atoms with van der Waals surface area (Å²) in [4.78, 5) is 10.4. The minimum atomic E-state index is -0.495. The van der Waals surface area contributed by atoms with E-state index in [0.717, 1.165) is 0 Å². The van der Waals surface area contributed by atoms with E-state index in [2.05, 4.69) is 10.2 Å². The molecule has 0 aliphatic rings. The minimum Gasteiger partial charge on any atom is -0.324 e. The van der Waals surface area contributed by atoms with Gasteiger partial charge in [0.15, 0.2) is 5.01 Å². The maximum Gasteiger partial charge on any atom is 0.281 e. The molecular formula is C9H7ClN4O2S. The van der Waals surface area contributed by atoms with Crippen LogP contribution in [0.25, 0.3) is 10.6 Å². The number of nitrogens with two attached hydrogens (primary N) is 1. The zero-order valence-corrected chi connectivity index (χ0v) is 10.0. The minimum absolute atomic E-state index is 0.0859. The molecule has 0 saturated carbocycles. The first-order valence-electron chi connectivity index (χ1n) is 4.58. The van der Waals surface area contributed by atoms with Crippen molar-refractivity contribution in [2.24, 2.45) is 5.73 Å². The average molecular weight is 271 g/mol. The first kappa shape index (κ1) is 11.9. The van der Waals surface area contributed by atoms with Crippen LogP contribution in [0.3, 0.4) is 0 Å². The third-order valence-corrected chi connectivity index (χ3v) is 3.24. The molecule has 2 rings (SSSR count). The second-order valence-corrected chi connectivity index (χ2v) is 4.62. The number of nitro benzene ring substituents is 1. The van der Waals surface area contributed by atoms with E-state index in [0.29, 0.717) is 20.6 Å². The molecule has 0 aliphatic heterocycles. The Hall–Kier alpha value is -1.57. The summed E-state index contributed by atoms with van der Waals surface area (Å²) in [7, 11) is 0. The van der Waals surface area contributed by atoms with Crippen LogP contribution in [0.5, 0.6) is 0 Å². The molecule has 0 unspecified atom stereocenters. The van der Waals surface area contributed by atoms with Gasteiger partial charge in [-0.2, -0.15) is 0 Å². The molecule has 0 atom stereocenters. The van der Waals surface area contributed by atoms with Gasteiger partial charge in [-0.3, -0.25) is 10.1 Å². The van der Waals surface area contributed by atoms with Crippen LogP contribution in [0, 0.1) is 10.1 Å². The highest BCUT2D eigenvalue weighted by molar-refractivity contribution is 7.14. The fourth-order valence-corrected chi connectivity index (χ4v) is 2.20. The van der Waals surface area contributed by atoms with Crippen molar-refractivity contribution in [3.8, 4) is 10.6 Å². The van der Waals surface area contributed by atoms with Crippen LogP contribution >= 0.6 is 22.9 Å². The Morgan fingerprint density at radius 1 is 1.47 bits per heavy atom. The summed E-state index contributed by atoms with van der Waals surface area (Å²) < 4.78 is 0. The van der Waals surface area contributed by atoms with Gasteiger partial charge < -0.3 is 5.73 Å². The predicted molar refractivity (Wildman–Crippen MR) is 64.9 cm³/mol. The summed E-state index contributed by atoms with van der Waals surface area (Å²) in [6.45, 7) is 0.263. The van der Waals surface area contributed by atoms with E-state index in [-0.39, 0.29) is 12.2 Å². The topological polar surface area (TPSA) is 94.9 Å². The van der Waals surface area contributed by atoms with Crippen LogP contribution in [-0.4, -0.2) is 15.1 Å². The highest BCUT2D eigenvalue weighted by atomic mass is 35.5. The van der Waals surface area contributed by atoms with Crippen LogP contribution in [-0.2, 0) is 6.54 Å². The van der Waals surface area contributed by atoms with Crippen molar-refractivity contribution in [1.82, 2.24) is 10.2 Å². The Kier molecular flexibility index (Phi) is 3.32. The SMILES string of the molecule is NCc1nnc(-c2ccc(Cl)cc2[N+](=O)[O-])s1. The molecule has 6 nitrogen and oxygen atoms in total. The van der Waals surface area contributed by atoms with Gasteiger partial charge in [-0.05, 0) is 12.1 Å². The molecule has 0 amide bonds.